The highest BCUT2D eigenvalue weighted by molar-refractivity contribution is 7.89. The Hall–Kier alpha value is -0.330. The topological polar surface area (TPSA) is 63.4 Å². The van der Waals surface area contributed by atoms with Gasteiger partial charge in [0.05, 0.1) is 5.75 Å². The van der Waals surface area contributed by atoms with E-state index < -0.39 is 10.0 Å². The van der Waals surface area contributed by atoms with E-state index in [2.05, 4.69) is 4.90 Å². The normalized spacial score (nSPS) is 21.1. The summed E-state index contributed by atoms with van der Waals surface area (Å²) in [7, 11) is -3.41. The van der Waals surface area contributed by atoms with Gasteiger partial charge in [-0.15, -0.1) is 0 Å². The van der Waals surface area contributed by atoms with Crippen molar-refractivity contribution in [3.63, 3.8) is 0 Å². The highest BCUT2D eigenvalue weighted by Crippen LogP contribution is 2.25. The van der Waals surface area contributed by atoms with Crippen molar-refractivity contribution in [2.24, 2.45) is 11.1 Å². The Balaban J connectivity index is 2.01. The fourth-order valence-electron chi connectivity index (χ4n) is 2.66. The van der Waals surface area contributed by atoms with Gasteiger partial charge in [-0.25, -0.2) is 13.6 Å². The number of primary sulfonamides is 1. The molecule has 1 atom stereocenters. The summed E-state index contributed by atoms with van der Waals surface area (Å²) in [5.41, 5.74) is 0.968. The summed E-state index contributed by atoms with van der Waals surface area (Å²) < 4.78 is 22.4. The predicted octanol–water partition coefficient (Wildman–Crippen LogP) is 2.49. The zero-order chi connectivity index (χ0) is 14.8. The van der Waals surface area contributed by atoms with Crippen LogP contribution in [0.2, 0.25) is 10.0 Å². The van der Waals surface area contributed by atoms with Crippen molar-refractivity contribution in [2.75, 3.05) is 18.8 Å². The number of rotatable bonds is 4. The van der Waals surface area contributed by atoms with Gasteiger partial charge in [0.2, 0.25) is 10.0 Å². The number of halogens is 2. The van der Waals surface area contributed by atoms with E-state index >= 15 is 0 Å². The van der Waals surface area contributed by atoms with Gasteiger partial charge in [0.15, 0.2) is 0 Å². The first-order chi connectivity index (χ1) is 9.33. The summed E-state index contributed by atoms with van der Waals surface area (Å²) in [5, 5.41) is 6.46. The third-order valence-corrected chi connectivity index (χ3v) is 5.01. The van der Waals surface area contributed by atoms with E-state index in [0.717, 1.165) is 31.5 Å². The van der Waals surface area contributed by atoms with Crippen molar-refractivity contribution < 1.29 is 8.42 Å². The van der Waals surface area contributed by atoms with Crippen LogP contribution >= 0.6 is 23.2 Å². The molecule has 7 heteroatoms. The van der Waals surface area contributed by atoms with Crippen molar-refractivity contribution in [1.82, 2.24) is 4.90 Å². The average Bonchev–Trinajstić information content (AvgIpc) is 2.32. The predicted molar refractivity (Wildman–Crippen MR) is 82.4 cm³/mol. The van der Waals surface area contributed by atoms with Gasteiger partial charge in [0.25, 0.3) is 0 Å². The summed E-state index contributed by atoms with van der Waals surface area (Å²) in [6.45, 7) is 2.34. The molecular weight excluding hydrogens is 319 g/mol. The van der Waals surface area contributed by atoms with Crippen LogP contribution in [0.3, 0.4) is 0 Å². The maximum absolute atomic E-state index is 11.2. The van der Waals surface area contributed by atoms with Gasteiger partial charge in [0, 0.05) is 23.1 Å². The first kappa shape index (κ1) is 16.0. The Kier molecular flexibility index (Phi) is 5.31. The highest BCUT2D eigenvalue weighted by atomic mass is 35.5. The van der Waals surface area contributed by atoms with Crippen LogP contribution in [0.1, 0.15) is 18.4 Å². The lowest BCUT2D eigenvalue weighted by atomic mass is 9.99. The zero-order valence-electron chi connectivity index (χ0n) is 11.1. The molecule has 1 aliphatic rings. The average molecular weight is 337 g/mol. The third kappa shape index (κ3) is 4.90. The highest BCUT2D eigenvalue weighted by Gasteiger charge is 2.23. The molecule has 1 unspecified atom stereocenters. The van der Waals surface area contributed by atoms with Crippen LogP contribution in [0.15, 0.2) is 18.2 Å². The van der Waals surface area contributed by atoms with E-state index in [1.807, 2.05) is 6.07 Å². The Morgan fingerprint density at radius 1 is 1.35 bits per heavy atom. The third-order valence-electron chi connectivity index (χ3n) is 3.47. The molecule has 1 heterocycles. The Morgan fingerprint density at radius 2 is 2.10 bits per heavy atom. The molecule has 20 heavy (non-hydrogen) atoms. The van der Waals surface area contributed by atoms with E-state index in [1.54, 1.807) is 12.1 Å². The number of piperidine rings is 1. The molecule has 1 saturated heterocycles. The first-order valence-corrected chi connectivity index (χ1v) is 8.97. The van der Waals surface area contributed by atoms with E-state index in [1.165, 1.54) is 0 Å². The molecule has 0 amide bonds. The molecule has 1 aromatic carbocycles. The molecule has 0 aromatic heterocycles. The maximum atomic E-state index is 11.2. The zero-order valence-corrected chi connectivity index (χ0v) is 13.4. The van der Waals surface area contributed by atoms with Crippen LogP contribution in [0.25, 0.3) is 0 Å². The summed E-state index contributed by atoms with van der Waals surface area (Å²) in [4.78, 5) is 2.21. The van der Waals surface area contributed by atoms with Crippen LogP contribution in [-0.2, 0) is 16.6 Å². The number of hydrogen-bond acceptors (Lipinski definition) is 3. The largest absolute Gasteiger partial charge is 0.299 e. The first-order valence-electron chi connectivity index (χ1n) is 6.50. The van der Waals surface area contributed by atoms with Gasteiger partial charge >= 0.3 is 0 Å². The maximum Gasteiger partial charge on any atom is 0.209 e. The molecule has 0 aliphatic carbocycles. The van der Waals surface area contributed by atoms with Gasteiger partial charge in [-0.2, -0.15) is 0 Å². The van der Waals surface area contributed by atoms with Gasteiger partial charge in [-0.1, -0.05) is 23.2 Å². The summed E-state index contributed by atoms with van der Waals surface area (Å²) in [6.07, 6.45) is 1.87. The molecule has 1 aliphatic heterocycles. The number of sulfonamides is 1. The molecule has 1 aromatic rings. The van der Waals surface area contributed by atoms with Crippen LogP contribution < -0.4 is 5.14 Å². The standard InChI is InChI=1S/C13H18Cl2N2O2S/c14-12-3-4-13(15)11(6-12)8-17-5-1-2-10(7-17)9-20(16,18)19/h3-4,6,10H,1-2,5,7-9H2,(H2,16,18,19). The number of nitrogens with zero attached hydrogens (tertiary/aromatic N) is 1. The lowest BCUT2D eigenvalue weighted by Gasteiger charge is -2.32. The lowest BCUT2D eigenvalue weighted by molar-refractivity contribution is 0.178. The molecule has 112 valence electrons. The molecule has 0 spiro atoms. The number of hydrogen-bond donors (Lipinski definition) is 1. The SMILES string of the molecule is NS(=O)(=O)CC1CCCN(Cc2cc(Cl)ccc2Cl)C1. The summed E-state index contributed by atoms with van der Waals surface area (Å²) >= 11 is 12.1. The number of nitrogens with two attached hydrogens (primary N) is 1. The summed E-state index contributed by atoms with van der Waals surface area (Å²) in [6, 6.07) is 5.39. The Morgan fingerprint density at radius 3 is 2.80 bits per heavy atom. The molecule has 0 radical (unpaired) electrons. The fourth-order valence-corrected chi connectivity index (χ4v) is 3.97. The van der Waals surface area contributed by atoms with Gasteiger partial charge < -0.3 is 0 Å². The molecule has 0 bridgehead atoms. The van der Waals surface area contributed by atoms with E-state index in [0.29, 0.717) is 16.6 Å². The van der Waals surface area contributed by atoms with Crippen LogP contribution in [-0.4, -0.2) is 32.2 Å². The Labute approximate surface area is 129 Å². The smallest absolute Gasteiger partial charge is 0.209 e. The second-order valence-corrected chi connectivity index (χ2v) is 7.81. The number of likely N-dealkylation sites (tertiary alicyclic amines) is 1. The summed E-state index contributed by atoms with van der Waals surface area (Å²) in [5.74, 6) is 0.143. The van der Waals surface area contributed by atoms with Crippen LogP contribution in [0.4, 0.5) is 0 Å². The molecule has 1 fully saturated rings. The van der Waals surface area contributed by atoms with Crippen molar-refractivity contribution in [1.29, 1.82) is 0 Å². The van der Waals surface area contributed by atoms with Crippen molar-refractivity contribution in [3.8, 4) is 0 Å². The van der Waals surface area contributed by atoms with E-state index in [-0.39, 0.29) is 11.7 Å². The van der Waals surface area contributed by atoms with Crippen molar-refractivity contribution in [2.45, 2.75) is 19.4 Å². The van der Waals surface area contributed by atoms with Crippen molar-refractivity contribution in [3.05, 3.63) is 33.8 Å². The fraction of sp³-hybridized carbons (Fsp3) is 0.538. The van der Waals surface area contributed by atoms with Gasteiger partial charge in [0.1, 0.15) is 0 Å². The quantitative estimate of drug-likeness (QED) is 0.918. The van der Waals surface area contributed by atoms with Crippen molar-refractivity contribution >= 4 is 33.2 Å². The number of benzene rings is 1. The van der Waals surface area contributed by atoms with Crippen LogP contribution in [0.5, 0.6) is 0 Å². The monoisotopic (exact) mass is 336 g/mol. The second-order valence-electron chi connectivity index (χ2n) is 5.31. The second kappa shape index (κ2) is 6.62. The van der Waals surface area contributed by atoms with Gasteiger partial charge in [-0.05, 0) is 49.1 Å². The minimum atomic E-state index is -3.41. The van der Waals surface area contributed by atoms with E-state index in [9.17, 15) is 8.42 Å². The molecule has 2 rings (SSSR count). The Bertz CT molecular complexity index is 578. The van der Waals surface area contributed by atoms with Gasteiger partial charge in [-0.3, -0.25) is 4.90 Å². The minimum absolute atomic E-state index is 0.0484. The van der Waals surface area contributed by atoms with Crippen LogP contribution in [0, 0.1) is 5.92 Å². The van der Waals surface area contributed by atoms with E-state index in [4.69, 9.17) is 28.3 Å². The molecule has 2 N–H and O–H groups in total. The molecule has 0 saturated carbocycles. The molecule has 4 nitrogen and oxygen atoms in total. The lowest BCUT2D eigenvalue weighted by Crippen LogP contribution is -2.38. The minimum Gasteiger partial charge on any atom is -0.299 e. The molecular formula is C13H18Cl2N2O2S.